The van der Waals surface area contributed by atoms with Gasteiger partial charge in [0.05, 0.1) is 12.2 Å². The summed E-state index contributed by atoms with van der Waals surface area (Å²) in [4.78, 5) is 13.3. The predicted octanol–water partition coefficient (Wildman–Crippen LogP) is 4.09. The average Bonchev–Trinajstić information content (AvgIpc) is 2.61. The quantitative estimate of drug-likeness (QED) is 0.751. The maximum absolute atomic E-state index is 4.55. The molecule has 0 aromatic carbocycles. The Labute approximate surface area is 143 Å². The third-order valence-corrected chi connectivity index (χ3v) is 4.15. The van der Waals surface area contributed by atoms with Gasteiger partial charge in [-0.1, -0.05) is 17.7 Å². The van der Waals surface area contributed by atoms with Crippen molar-refractivity contribution >= 4 is 11.8 Å². The molecule has 0 saturated heterocycles. The molecule has 3 rings (SSSR count). The Morgan fingerprint density at radius 2 is 2.08 bits per heavy atom. The summed E-state index contributed by atoms with van der Waals surface area (Å²) in [5.41, 5.74) is 3.50. The molecule has 24 heavy (non-hydrogen) atoms. The summed E-state index contributed by atoms with van der Waals surface area (Å²) in [5.74, 6) is 1.52. The Morgan fingerprint density at radius 3 is 2.88 bits per heavy atom. The van der Waals surface area contributed by atoms with E-state index in [1.165, 1.54) is 25.7 Å². The molecule has 1 aliphatic rings. The first kappa shape index (κ1) is 16.4. The number of hydrogen-bond donors (Lipinski definition) is 2. The van der Waals surface area contributed by atoms with E-state index < -0.39 is 0 Å². The number of anilines is 2. The molecule has 1 aliphatic carbocycles. The van der Waals surface area contributed by atoms with Gasteiger partial charge in [0.25, 0.3) is 0 Å². The molecule has 0 fully saturated rings. The van der Waals surface area contributed by atoms with Crippen LogP contribution >= 0.6 is 0 Å². The van der Waals surface area contributed by atoms with Crippen LogP contribution in [0.5, 0.6) is 0 Å². The van der Waals surface area contributed by atoms with Crippen LogP contribution in [0.15, 0.2) is 42.1 Å². The lowest BCUT2D eigenvalue weighted by molar-refractivity contribution is 0.679. The fraction of sp³-hybridized carbons (Fsp3) is 0.421. The van der Waals surface area contributed by atoms with Crippen LogP contribution in [-0.4, -0.2) is 21.5 Å². The van der Waals surface area contributed by atoms with Crippen LogP contribution < -0.4 is 10.6 Å². The van der Waals surface area contributed by atoms with E-state index in [-0.39, 0.29) is 0 Å². The summed E-state index contributed by atoms with van der Waals surface area (Å²) in [6.45, 7) is 3.53. The zero-order valence-corrected chi connectivity index (χ0v) is 14.3. The zero-order valence-electron chi connectivity index (χ0n) is 14.3. The van der Waals surface area contributed by atoms with Gasteiger partial charge in [0.15, 0.2) is 0 Å². The molecule has 0 radical (unpaired) electrons. The Morgan fingerprint density at radius 1 is 1.12 bits per heavy atom. The highest BCUT2D eigenvalue weighted by molar-refractivity contribution is 5.42. The van der Waals surface area contributed by atoms with Gasteiger partial charge in [-0.25, -0.2) is 4.98 Å². The van der Waals surface area contributed by atoms with E-state index in [0.717, 1.165) is 30.2 Å². The molecule has 0 atom stereocenters. The van der Waals surface area contributed by atoms with Crippen molar-refractivity contribution in [3.05, 3.63) is 53.5 Å². The van der Waals surface area contributed by atoms with Gasteiger partial charge in [0.1, 0.15) is 5.82 Å². The monoisotopic (exact) mass is 323 g/mol. The van der Waals surface area contributed by atoms with Crippen molar-refractivity contribution in [3.8, 4) is 0 Å². The van der Waals surface area contributed by atoms with E-state index in [9.17, 15) is 0 Å². The molecule has 2 aromatic rings. The van der Waals surface area contributed by atoms with Crippen molar-refractivity contribution in [1.29, 1.82) is 0 Å². The zero-order chi connectivity index (χ0) is 16.6. The minimum absolute atomic E-state index is 0.622. The molecule has 2 N–H and O–H groups in total. The normalized spacial score (nSPS) is 14.1. The third kappa shape index (κ3) is 5.05. The maximum atomic E-state index is 4.55. The predicted molar refractivity (Wildman–Crippen MR) is 98.0 cm³/mol. The van der Waals surface area contributed by atoms with E-state index in [1.54, 1.807) is 11.8 Å². The SMILES string of the molecule is Cc1cc(NCCC2=CCCCC2)nc(NCc2ccccn2)n1. The first-order valence-corrected chi connectivity index (χ1v) is 8.71. The summed E-state index contributed by atoms with van der Waals surface area (Å²) < 4.78 is 0. The van der Waals surface area contributed by atoms with E-state index in [2.05, 4.69) is 31.7 Å². The number of aryl methyl sites for hydroxylation is 1. The highest BCUT2D eigenvalue weighted by Gasteiger charge is 2.05. The Bertz CT molecular complexity index is 681. The van der Waals surface area contributed by atoms with Crippen molar-refractivity contribution in [1.82, 2.24) is 15.0 Å². The van der Waals surface area contributed by atoms with Crippen molar-refractivity contribution < 1.29 is 0 Å². The Balaban J connectivity index is 1.54. The van der Waals surface area contributed by atoms with Gasteiger partial charge in [-0.2, -0.15) is 4.98 Å². The molecule has 0 saturated carbocycles. The smallest absolute Gasteiger partial charge is 0.225 e. The molecule has 5 heteroatoms. The summed E-state index contributed by atoms with van der Waals surface area (Å²) in [6, 6.07) is 7.87. The van der Waals surface area contributed by atoms with Crippen LogP contribution in [0.25, 0.3) is 0 Å². The molecule has 2 heterocycles. The first-order valence-electron chi connectivity index (χ1n) is 8.71. The molecule has 0 bridgehead atoms. The van der Waals surface area contributed by atoms with Crippen LogP contribution in [0.1, 0.15) is 43.5 Å². The molecular weight excluding hydrogens is 298 g/mol. The lowest BCUT2D eigenvalue weighted by Crippen LogP contribution is -2.10. The van der Waals surface area contributed by atoms with Crippen molar-refractivity contribution in [2.45, 2.75) is 45.6 Å². The lowest BCUT2D eigenvalue weighted by atomic mass is 9.97. The second kappa shape index (κ2) is 8.43. The van der Waals surface area contributed by atoms with Gasteiger partial charge in [-0.3, -0.25) is 4.98 Å². The van der Waals surface area contributed by atoms with Gasteiger partial charge in [-0.05, 0) is 51.2 Å². The van der Waals surface area contributed by atoms with Gasteiger partial charge in [0, 0.05) is 24.5 Å². The Kier molecular flexibility index (Phi) is 5.77. The van der Waals surface area contributed by atoms with E-state index in [0.29, 0.717) is 12.5 Å². The Hall–Kier alpha value is -2.43. The molecule has 0 unspecified atom stereocenters. The van der Waals surface area contributed by atoms with E-state index >= 15 is 0 Å². The van der Waals surface area contributed by atoms with Crippen molar-refractivity contribution in [3.63, 3.8) is 0 Å². The second-order valence-electron chi connectivity index (χ2n) is 6.18. The van der Waals surface area contributed by atoms with E-state index in [1.807, 2.05) is 31.2 Å². The summed E-state index contributed by atoms with van der Waals surface area (Å²) >= 11 is 0. The number of pyridine rings is 1. The van der Waals surface area contributed by atoms with Gasteiger partial charge < -0.3 is 10.6 Å². The van der Waals surface area contributed by atoms with Crippen LogP contribution in [0.2, 0.25) is 0 Å². The largest absolute Gasteiger partial charge is 0.370 e. The highest BCUT2D eigenvalue weighted by atomic mass is 15.1. The fourth-order valence-corrected chi connectivity index (χ4v) is 2.89. The average molecular weight is 323 g/mol. The molecule has 2 aromatic heterocycles. The van der Waals surface area contributed by atoms with Crippen molar-refractivity contribution in [2.24, 2.45) is 0 Å². The lowest BCUT2D eigenvalue weighted by Gasteiger charge is -2.14. The number of allylic oxidation sites excluding steroid dienone is 1. The standard InChI is InChI=1S/C19H25N5/c1-15-13-18(21-12-10-16-7-3-2-4-8-16)24-19(23-15)22-14-17-9-5-6-11-20-17/h5-7,9,11,13H,2-4,8,10,12,14H2,1H3,(H2,21,22,23,24). The van der Waals surface area contributed by atoms with Crippen molar-refractivity contribution in [2.75, 3.05) is 17.2 Å². The fourth-order valence-electron chi connectivity index (χ4n) is 2.89. The molecular formula is C19H25N5. The minimum Gasteiger partial charge on any atom is -0.370 e. The third-order valence-electron chi connectivity index (χ3n) is 4.15. The topological polar surface area (TPSA) is 62.7 Å². The molecule has 5 nitrogen and oxygen atoms in total. The highest BCUT2D eigenvalue weighted by Crippen LogP contribution is 2.20. The first-order chi connectivity index (χ1) is 11.8. The number of rotatable bonds is 7. The molecule has 0 spiro atoms. The number of aromatic nitrogens is 3. The van der Waals surface area contributed by atoms with Crippen LogP contribution in [0.4, 0.5) is 11.8 Å². The maximum Gasteiger partial charge on any atom is 0.225 e. The van der Waals surface area contributed by atoms with Gasteiger partial charge in [-0.15, -0.1) is 0 Å². The number of nitrogens with zero attached hydrogens (tertiary/aromatic N) is 3. The second-order valence-corrected chi connectivity index (χ2v) is 6.18. The van der Waals surface area contributed by atoms with Gasteiger partial charge >= 0.3 is 0 Å². The van der Waals surface area contributed by atoms with Gasteiger partial charge in [0.2, 0.25) is 5.95 Å². The molecule has 0 amide bonds. The van der Waals surface area contributed by atoms with E-state index in [4.69, 9.17) is 0 Å². The number of hydrogen-bond acceptors (Lipinski definition) is 5. The summed E-state index contributed by atoms with van der Waals surface area (Å²) in [7, 11) is 0. The van der Waals surface area contributed by atoms with Crippen LogP contribution in [0, 0.1) is 6.92 Å². The van der Waals surface area contributed by atoms with Crippen LogP contribution in [0.3, 0.4) is 0 Å². The number of nitrogens with one attached hydrogen (secondary N) is 2. The summed E-state index contributed by atoms with van der Waals surface area (Å²) in [6.07, 6.45) is 10.5. The van der Waals surface area contributed by atoms with Crippen LogP contribution in [-0.2, 0) is 6.54 Å². The summed E-state index contributed by atoms with van der Waals surface area (Å²) in [5, 5.41) is 6.67. The minimum atomic E-state index is 0.622. The molecule has 0 aliphatic heterocycles. The molecule has 126 valence electrons.